The number of rotatable bonds is 12. The van der Waals surface area contributed by atoms with Crippen LogP contribution in [-0.4, -0.2) is 0 Å². The number of hydrogen-bond acceptors (Lipinski definition) is 0. The SMILES string of the molecule is CC.CCCCCc1ccc(CC)cc1.CCc1ccc(C(C)(C)CC(C)C)cc1CC.CCc1ccc(CC)cc1. The Kier molecular flexibility index (Phi) is 21.9. The molecule has 0 saturated carbocycles. The Morgan fingerprint density at radius 2 is 0.952 bits per heavy atom. The van der Waals surface area contributed by atoms with Gasteiger partial charge in [-0.1, -0.05) is 163 Å². The fraction of sp³-hybridized carbons (Fsp3) is 0.571. The summed E-state index contributed by atoms with van der Waals surface area (Å²) in [6.45, 7) is 26.7. The summed E-state index contributed by atoms with van der Waals surface area (Å²) < 4.78 is 0. The van der Waals surface area contributed by atoms with Crippen LogP contribution in [0.1, 0.15) is 148 Å². The lowest BCUT2D eigenvalue weighted by molar-refractivity contribution is 0.399. The topological polar surface area (TPSA) is 0 Å². The normalized spacial score (nSPS) is 10.6. The van der Waals surface area contributed by atoms with Crippen LogP contribution >= 0.6 is 0 Å². The van der Waals surface area contributed by atoms with Crippen LogP contribution in [-0.2, 0) is 43.9 Å². The lowest BCUT2D eigenvalue weighted by Crippen LogP contribution is -2.20. The molecule has 0 fully saturated rings. The Morgan fingerprint density at radius 3 is 1.31 bits per heavy atom. The molecule has 42 heavy (non-hydrogen) atoms. The van der Waals surface area contributed by atoms with Crippen molar-refractivity contribution in [1.82, 2.24) is 0 Å². The van der Waals surface area contributed by atoms with Crippen molar-refractivity contribution in [3.63, 3.8) is 0 Å². The summed E-state index contributed by atoms with van der Waals surface area (Å²) in [4.78, 5) is 0. The minimum atomic E-state index is 0.296. The summed E-state index contributed by atoms with van der Waals surface area (Å²) in [6.07, 6.45) is 12.2. The van der Waals surface area contributed by atoms with E-state index in [0.29, 0.717) is 5.41 Å². The quantitative estimate of drug-likeness (QED) is 0.189. The second-order valence-corrected chi connectivity index (χ2v) is 12.3. The van der Waals surface area contributed by atoms with E-state index in [-0.39, 0.29) is 0 Å². The Morgan fingerprint density at radius 1 is 0.524 bits per heavy atom. The molecule has 0 N–H and O–H groups in total. The second-order valence-electron chi connectivity index (χ2n) is 12.3. The standard InChI is InChI=1S/C17H28.C13H20.C10H14.C2H6/c1-7-14-9-10-16(11-15(14)8-2)17(5,6)12-13(3)4;1-3-5-6-7-13-10-8-12(4-2)9-11-13;1-3-9-5-7-10(4-2)8-6-9;1-2/h9-11,13H,7-8,12H2,1-6H3;8-11H,3-7H2,1-2H3;5-8H,3-4H2,1-2H3;1-2H3. The van der Waals surface area contributed by atoms with Gasteiger partial charge < -0.3 is 0 Å². The zero-order valence-electron chi connectivity index (χ0n) is 30.0. The monoisotopic (exact) mass is 573 g/mol. The average Bonchev–Trinajstić information content (AvgIpc) is 3.02. The Labute approximate surface area is 263 Å². The first kappa shape index (κ1) is 39.7. The highest BCUT2D eigenvalue weighted by Crippen LogP contribution is 2.32. The third kappa shape index (κ3) is 15.8. The van der Waals surface area contributed by atoms with E-state index in [1.165, 1.54) is 71.0 Å². The fourth-order valence-corrected chi connectivity index (χ4v) is 5.39. The predicted octanol–water partition coefficient (Wildman–Crippen LogP) is 13.0. The van der Waals surface area contributed by atoms with E-state index in [9.17, 15) is 0 Å². The summed E-state index contributed by atoms with van der Waals surface area (Å²) >= 11 is 0. The van der Waals surface area contributed by atoms with Crippen LogP contribution in [0.4, 0.5) is 0 Å². The van der Waals surface area contributed by atoms with Crippen molar-refractivity contribution < 1.29 is 0 Å². The number of unbranched alkanes of at least 4 members (excludes halogenated alkanes) is 2. The van der Waals surface area contributed by atoms with Crippen molar-refractivity contribution in [2.75, 3.05) is 0 Å². The van der Waals surface area contributed by atoms with E-state index in [4.69, 9.17) is 0 Å². The summed E-state index contributed by atoms with van der Waals surface area (Å²) in [7, 11) is 0. The van der Waals surface area contributed by atoms with E-state index in [1.807, 2.05) is 13.8 Å². The number of aryl methyl sites for hydroxylation is 6. The molecule has 3 aromatic rings. The number of benzene rings is 3. The molecule has 0 aromatic heterocycles. The van der Waals surface area contributed by atoms with Crippen LogP contribution < -0.4 is 0 Å². The van der Waals surface area contributed by atoms with Gasteiger partial charge in [0.1, 0.15) is 0 Å². The van der Waals surface area contributed by atoms with Gasteiger partial charge in [-0.25, -0.2) is 0 Å². The molecule has 0 spiro atoms. The maximum Gasteiger partial charge on any atom is -0.0101 e. The molecule has 0 radical (unpaired) electrons. The summed E-state index contributed by atoms with van der Waals surface area (Å²) in [6, 6.07) is 25.0. The lowest BCUT2D eigenvalue weighted by Gasteiger charge is -2.28. The van der Waals surface area contributed by atoms with E-state index >= 15 is 0 Å². The van der Waals surface area contributed by atoms with Gasteiger partial charge in [0.25, 0.3) is 0 Å². The smallest absolute Gasteiger partial charge is 0.0101 e. The first-order chi connectivity index (χ1) is 20.1. The van der Waals surface area contributed by atoms with Gasteiger partial charge in [-0.2, -0.15) is 0 Å². The van der Waals surface area contributed by atoms with Crippen molar-refractivity contribution in [2.45, 2.75) is 153 Å². The largest absolute Gasteiger partial charge is 0.0683 e. The molecule has 0 unspecified atom stereocenters. The molecule has 3 rings (SSSR count). The molecule has 0 amide bonds. The van der Waals surface area contributed by atoms with Crippen molar-refractivity contribution >= 4 is 0 Å². The van der Waals surface area contributed by atoms with Crippen LogP contribution in [0.25, 0.3) is 0 Å². The van der Waals surface area contributed by atoms with Crippen molar-refractivity contribution in [3.8, 4) is 0 Å². The molecule has 0 aliphatic rings. The first-order valence-corrected chi connectivity index (χ1v) is 17.4. The molecule has 0 saturated heterocycles. The number of hydrogen-bond donors (Lipinski definition) is 0. The highest BCUT2D eigenvalue weighted by Gasteiger charge is 2.22. The minimum Gasteiger partial charge on any atom is -0.0683 e. The summed E-state index contributed by atoms with van der Waals surface area (Å²) in [5.41, 5.74) is 10.6. The third-order valence-electron chi connectivity index (χ3n) is 8.01. The van der Waals surface area contributed by atoms with E-state index in [1.54, 1.807) is 0 Å². The Bertz CT molecular complexity index is 1010. The molecule has 0 aliphatic heterocycles. The highest BCUT2D eigenvalue weighted by atomic mass is 14.3. The molecule has 3 aromatic carbocycles. The summed E-state index contributed by atoms with van der Waals surface area (Å²) in [5, 5.41) is 0. The van der Waals surface area contributed by atoms with Crippen LogP contribution in [0, 0.1) is 5.92 Å². The van der Waals surface area contributed by atoms with Gasteiger partial charge in [-0.05, 0) is 102 Å². The van der Waals surface area contributed by atoms with E-state index in [0.717, 1.165) is 38.0 Å². The summed E-state index contributed by atoms with van der Waals surface area (Å²) in [5.74, 6) is 0.751. The van der Waals surface area contributed by atoms with Crippen LogP contribution in [0.15, 0.2) is 66.7 Å². The lowest BCUT2D eigenvalue weighted by atomic mass is 9.77. The molecule has 0 bridgehead atoms. The minimum absolute atomic E-state index is 0.296. The van der Waals surface area contributed by atoms with Gasteiger partial charge >= 0.3 is 0 Å². The molecule has 0 heteroatoms. The van der Waals surface area contributed by atoms with Gasteiger partial charge in [-0.3, -0.25) is 0 Å². The van der Waals surface area contributed by atoms with Crippen molar-refractivity contribution in [3.05, 3.63) is 106 Å². The maximum atomic E-state index is 2.43. The van der Waals surface area contributed by atoms with Crippen LogP contribution in [0.2, 0.25) is 0 Å². The Balaban J connectivity index is 0.000000601. The maximum absolute atomic E-state index is 2.43. The van der Waals surface area contributed by atoms with Gasteiger partial charge in [0, 0.05) is 0 Å². The molecular weight excluding hydrogens is 504 g/mol. The molecule has 0 atom stereocenters. The molecule has 0 heterocycles. The first-order valence-electron chi connectivity index (χ1n) is 17.4. The molecule has 236 valence electrons. The zero-order chi connectivity index (χ0) is 32.0. The fourth-order valence-electron chi connectivity index (χ4n) is 5.39. The molecule has 0 aliphatic carbocycles. The molecular formula is C42H68. The predicted molar refractivity (Wildman–Crippen MR) is 193 cm³/mol. The Hall–Kier alpha value is -2.34. The van der Waals surface area contributed by atoms with Gasteiger partial charge in [0.2, 0.25) is 0 Å². The zero-order valence-corrected chi connectivity index (χ0v) is 30.0. The van der Waals surface area contributed by atoms with E-state index < -0.39 is 0 Å². The third-order valence-corrected chi connectivity index (χ3v) is 8.01. The van der Waals surface area contributed by atoms with E-state index in [2.05, 4.69) is 136 Å². The average molecular weight is 573 g/mol. The highest BCUT2D eigenvalue weighted by molar-refractivity contribution is 5.35. The van der Waals surface area contributed by atoms with Crippen molar-refractivity contribution in [2.24, 2.45) is 5.92 Å². The van der Waals surface area contributed by atoms with Crippen LogP contribution in [0.3, 0.4) is 0 Å². The van der Waals surface area contributed by atoms with Gasteiger partial charge in [-0.15, -0.1) is 0 Å². The second kappa shape index (κ2) is 23.2. The van der Waals surface area contributed by atoms with Gasteiger partial charge in [0.15, 0.2) is 0 Å². The van der Waals surface area contributed by atoms with Gasteiger partial charge in [0.05, 0.1) is 0 Å². The van der Waals surface area contributed by atoms with Crippen LogP contribution in [0.5, 0.6) is 0 Å². The van der Waals surface area contributed by atoms with Crippen molar-refractivity contribution in [1.29, 1.82) is 0 Å². The molecule has 0 nitrogen and oxygen atoms in total.